The van der Waals surface area contributed by atoms with Gasteiger partial charge in [0.25, 0.3) is 16.0 Å². The summed E-state index contributed by atoms with van der Waals surface area (Å²) in [6.07, 6.45) is -1.58. The molecule has 0 amide bonds. The second-order valence-corrected chi connectivity index (χ2v) is 5.05. The van der Waals surface area contributed by atoms with Crippen LogP contribution in [0.25, 0.3) is 0 Å². The van der Waals surface area contributed by atoms with Crippen molar-refractivity contribution in [1.82, 2.24) is 9.97 Å². The summed E-state index contributed by atoms with van der Waals surface area (Å²) in [4.78, 5) is 5.14. The number of hydrogen-bond donors (Lipinski definition) is 1. The lowest BCUT2D eigenvalue weighted by Crippen LogP contribution is -2.17. The Bertz CT molecular complexity index is 707. The molecule has 0 bridgehead atoms. The highest BCUT2D eigenvalue weighted by molar-refractivity contribution is 7.92. The molecule has 0 aliphatic rings. The van der Waals surface area contributed by atoms with Crippen LogP contribution in [0.15, 0.2) is 35.2 Å². The number of hydrogen-bond acceptors (Lipinski definition) is 4. The van der Waals surface area contributed by atoms with Crippen molar-refractivity contribution < 1.29 is 21.6 Å². The van der Waals surface area contributed by atoms with Crippen molar-refractivity contribution in [3.8, 4) is 0 Å². The highest BCUT2D eigenvalue weighted by atomic mass is 32.2. The maximum Gasteiger partial charge on any atom is 0.313 e. The largest absolute Gasteiger partial charge is 0.313 e. The molecule has 1 N–H and O–H groups in total. The van der Waals surface area contributed by atoms with Gasteiger partial charge in [-0.05, 0) is 12.1 Å². The maximum atomic E-state index is 13.2. The SMILES string of the molecule is O=S(=O)(Nc1nc(F)nc(F)c1F)c1ccccc1. The number of halogens is 3. The smallest absolute Gasteiger partial charge is 0.261 e. The Kier molecular flexibility index (Phi) is 3.38. The molecule has 100 valence electrons. The third-order valence-corrected chi connectivity index (χ3v) is 3.42. The van der Waals surface area contributed by atoms with Crippen LogP contribution in [0.5, 0.6) is 0 Å². The van der Waals surface area contributed by atoms with Crippen LogP contribution >= 0.6 is 0 Å². The van der Waals surface area contributed by atoms with Gasteiger partial charge in [-0.1, -0.05) is 18.2 Å². The summed E-state index contributed by atoms with van der Waals surface area (Å²) in [5.41, 5.74) is 0. The first-order valence-electron chi connectivity index (χ1n) is 4.86. The second-order valence-electron chi connectivity index (χ2n) is 3.36. The van der Waals surface area contributed by atoms with Crippen molar-refractivity contribution in [3.63, 3.8) is 0 Å². The van der Waals surface area contributed by atoms with E-state index >= 15 is 0 Å². The molecule has 0 atom stereocenters. The highest BCUT2D eigenvalue weighted by Gasteiger charge is 2.21. The minimum absolute atomic E-state index is 0.200. The van der Waals surface area contributed by atoms with E-state index in [1.807, 2.05) is 0 Å². The van der Waals surface area contributed by atoms with Crippen LogP contribution < -0.4 is 4.72 Å². The summed E-state index contributed by atoms with van der Waals surface area (Å²) < 4.78 is 64.0. The molecule has 0 saturated carbocycles. The zero-order chi connectivity index (χ0) is 14.0. The Labute approximate surface area is 106 Å². The van der Waals surface area contributed by atoms with Crippen LogP contribution in [0, 0.1) is 17.8 Å². The number of anilines is 1. The molecule has 1 aromatic carbocycles. The van der Waals surface area contributed by atoms with Gasteiger partial charge in [-0.25, -0.2) is 8.42 Å². The molecule has 2 rings (SSSR count). The van der Waals surface area contributed by atoms with Gasteiger partial charge in [-0.3, -0.25) is 4.72 Å². The van der Waals surface area contributed by atoms with Gasteiger partial charge in [-0.15, -0.1) is 0 Å². The second kappa shape index (κ2) is 4.84. The Morgan fingerprint density at radius 1 is 1.00 bits per heavy atom. The van der Waals surface area contributed by atoms with Crippen molar-refractivity contribution in [3.05, 3.63) is 48.2 Å². The standard InChI is InChI=1S/C10H6F3N3O2S/c11-7-8(12)14-10(13)15-9(7)16-19(17,18)6-4-2-1-3-5-6/h1-5H,(H,14,15,16). The van der Waals surface area contributed by atoms with Crippen LogP contribution in [-0.2, 0) is 10.0 Å². The summed E-state index contributed by atoms with van der Waals surface area (Å²) in [5.74, 6) is -4.55. The van der Waals surface area contributed by atoms with Gasteiger partial charge < -0.3 is 0 Å². The highest BCUT2D eigenvalue weighted by Crippen LogP contribution is 2.18. The average Bonchev–Trinajstić information content (AvgIpc) is 2.36. The minimum atomic E-state index is -4.18. The van der Waals surface area contributed by atoms with E-state index in [1.54, 1.807) is 10.8 Å². The monoisotopic (exact) mass is 289 g/mol. The van der Waals surface area contributed by atoms with Gasteiger partial charge in [-0.2, -0.15) is 23.1 Å². The fourth-order valence-electron chi connectivity index (χ4n) is 1.25. The van der Waals surface area contributed by atoms with Crippen molar-refractivity contribution in [2.45, 2.75) is 4.90 Å². The van der Waals surface area contributed by atoms with Crippen LogP contribution in [0.4, 0.5) is 19.0 Å². The Hall–Kier alpha value is -2.16. The topological polar surface area (TPSA) is 72.0 Å². The van der Waals surface area contributed by atoms with E-state index in [-0.39, 0.29) is 4.90 Å². The van der Waals surface area contributed by atoms with E-state index in [0.717, 1.165) is 0 Å². The molecule has 0 fully saturated rings. The number of aromatic nitrogens is 2. The molecule has 5 nitrogen and oxygen atoms in total. The van der Waals surface area contributed by atoms with Crippen molar-refractivity contribution in [2.75, 3.05) is 4.72 Å². The average molecular weight is 289 g/mol. The first kappa shape index (κ1) is 13.3. The summed E-state index contributed by atoms with van der Waals surface area (Å²) >= 11 is 0. The van der Waals surface area contributed by atoms with Crippen molar-refractivity contribution in [1.29, 1.82) is 0 Å². The van der Waals surface area contributed by atoms with Crippen LogP contribution in [0.1, 0.15) is 0 Å². The zero-order valence-electron chi connectivity index (χ0n) is 9.14. The Morgan fingerprint density at radius 3 is 2.26 bits per heavy atom. The van der Waals surface area contributed by atoms with Gasteiger partial charge in [0, 0.05) is 0 Å². The number of sulfonamides is 1. The molecular formula is C10H6F3N3O2S. The first-order valence-corrected chi connectivity index (χ1v) is 6.35. The molecule has 2 aromatic rings. The molecule has 0 saturated heterocycles. The molecule has 0 radical (unpaired) electrons. The molecule has 0 spiro atoms. The first-order chi connectivity index (χ1) is 8.90. The van der Waals surface area contributed by atoms with Gasteiger partial charge >= 0.3 is 6.08 Å². The van der Waals surface area contributed by atoms with E-state index in [4.69, 9.17) is 0 Å². The lowest BCUT2D eigenvalue weighted by Gasteiger charge is -2.07. The van der Waals surface area contributed by atoms with Crippen molar-refractivity contribution >= 4 is 15.8 Å². The van der Waals surface area contributed by atoms with Gasteiger partial charge in [0.15, 0.2) is 5.82 Å². The van der Waals surface area contributed by atoms with E-state index in [1.165, 1.54) is 24.3 Å². The van der Waals surface area contributed by atoms with Gasteiger partial charge in [0.2, 0.25) is 5.82 Å². The number of benzene rings is 1. The molecule has 0 aliphatic carbocycles. The van der Waals surface area contributed by atoms with Crippen LogP contribution in [0.3, 0.4) is 0 Å². The summed E-state index contributed by atoms with van der Waals surface area (Å²) in [6.45, 7) is 0. The lowest BCUT2D eigenvalue weighted by atomic mass is 10.4. The van der Waals surface area contributed by atoms with Crippen molar-refractivity contribution in [2.24, 2.45) is 0 Å². The summed E-state index contributed by atoms with van der Waals surface area (Å²) in [7, 11) is -4.18. The Balaban J connectivity index is 2.42. The van der Waals surface area contributed by atoms with Crippen LogP contribution in [0.2, 0.25) is 0 Å². The third-order valence-electron chi connectivity index (χ3n) is 2.07. The molecule has 19 heavy (non-hydrogen) atoms. The summed E-state index contributed by atoms with van der Waals surface area (Å²) in [6, 6.07) is 6.91. The molecule has 9 heteroatoms. The third kappa shape index (κ3) is 2.81. The number of nitrogens with zero attached hydrogens (tertiary/aromatic N) is 2. The normalized spacial score (nSPS) is 11.3. The Morgan fingerprint density at radius 2 is 1.63 bits per heavy atom. The lowest BCUT2D eigenvalue weighted by molar-refractivity contribution is 0.430. The molecule has 0 unspecified atom stereocenters. The maximum absolute atomic E-state index is 13.2. The van der Waals surface area contributed by atoms with E-state index in [0.29, 0.717) is 0 Å². The number of nitrogens with one attached hydrogen (secondary N) is 1. The van der Waals surface area contributed by atoms with Gasteiger partial charge in [0.05, 0.1) is 4.90 Å². The summed E-state index contributed by atoms with van der Waals surface area (Å²) in [5, 5.41) is 0. The van der Waals surface area contributed by atoms with E-state index in [9.17, 15) is 21.6 Å². The number of rotatable bonds is 3. The van der Waals surface area contributed by atoms with Gasteiger partial charge in [0.1, 0.15) is 0 Å². The fraction of sp³-hybridized carbons (Fsp3) is 0. The molecular weight excluding hydrogens is 283 g/mol. The predicted molar refractivity (Wildman–Crippen MR) is 59.2 cm³/mol. The quantitative estimate of drug-likeness (QED) is 0.689. The zero-order valence-corrected chi connectivity index (χ0v) is 9.96. The van der Waals surface area contributed by atoms with E-state index in [2.05, 4.69) is 9.97 Å². The fourth-order valence-corrected chi connectivity index (χ4v) is 2.27. The molecule has 0 aliphatic heterocycles. The molecule has 1 heterocycles. The minimum Gasteiger partial charge on any atom is -0.261 e. The predicted octanol–water partition coefficient (Wildman–Crippen LogP) is 1.69. The molecule has 1 aromatic heterocycles. The van der Waals surface area contributed by atoms with E-state index < -0.39 is 33.7 Å². The van der Waals surface area contributed by atoms with Crippen LogP contribution in [-0.4, -0.2) is 18.4 Å².